The fourth-order valence-corrected chi connectivity index (χ4v) is 2.30. The maximum atomic E-state index is 11.0. The normalized spacial score (nSPS) is 22.6. The average Bonchev–Trinajstić information content (AvgIpc) is 2.59. The first-order chi connectivity index (χ1) is 8.52. The maximum absolute atomic E-state index is 11.0. The van der Waals surface area contributed by atoms with Crippen molar-refractivity contribution in [3.63, 3.8) is 0 Å². The first kappa shape index (κ1) is 12.8. The van der Waals surface area contributed by atoms with Crippen LogP contribution in [0, 0.1) is 23.0 Å². The summed E-state index contributed by atoms with van der Waals surface area (Å²) in [6, 6.07) is 0. The summed E-state index contributed by atoms with van der Waals surface area (Å²) in [6.45, 7) is 4.77. The second-order valence-corrected chi connectivity index (χ2v) is 4.73. The van der Waals surface area contributed by atoms with Crippen molar-refractivity contribution in [2.24, 2.45) is 5.92 Å². The Morgan fingerprint density at radius 3 is 2.78 bits per heavy atom. The van der Waals surface area contributed by atoms with Gasteiger partial charge >= 0.3 is 5.69 Å². The van der Waals surface area contributed by atoms with E-state index in [0.717, 1.165) is 12.8 Å². The lowest BCUT2D eigenvalue weighted by atomic mass is 9.82. The van der Waals surface area contributed by atoms with Crippen LogP contribution in [-0.4, -0.2) is 32.5 Å². The zero-order chi connectivity index (χ0) is 13.3. The first-order valence-corrected chi connectivity index (χ1v) is 6.16. The molecule has 1 fully saturated rings. The molecule has 0 spiro atoms. The third-order valence-electron chi connectivity index (χ3n) is 3.35. The minimum absolute atomic E-state index is 0.0525. The SMILES string of the molecule is CCn1nc(C)c([N+](=O)[O-])c1NCC1CC(O)C1. The minimum atomic E-state index is -0.396. The summed E-state index contributed by atoms with van der Waals surface area (Å²) in [5, 5.41) is 27.5. The van der Waals surface area contributed by atoms with E-state index in [4.69, 9.17) is 0 Å². The summed E-state index contributed by atoms with van der Waals surface area (Å²) in [4.78, 5) is 10.6. The van der Waals surface area contributed by atoms with Gasteiger partial charge in [-0.1, -0.05) is 0 Å². The highest BCUT2D eigenvalue weighted by molar-refractivity contribution is 5.59. The van der Waals surface area contributed by atoms with E-state index in [-0.39, 0.29) is 11.8 Å². The van der Waals surface area contributed by atoms with Gasteiger partial charge in [0.1, 0.15) is 5.69 Å². The van der Waals surface area contributed by atoms with E-state index in [2.05, 4.69) is 10.4 Å². The molecule has 0 unspecified atom stereocenters. The number of nitro groups is 1. The van der Waals surface area contributed by atoms with Crippen molar-refractivity contribution in [3.05, 3.63) is 15.8 Å². The highest BCUT2D eigenvalue weighted by Gasteiger charge is 2.29. The number of nitrogens with one attached hydrogen (secondary N) is 1. The molecule has 1 heterocycles. The fraction of sp³-hybridized carbons (Fsp3) is 0.727. The molecule has 0 radical (unpaired) electrons. The molecule has 7 nitrogen and oxygen atoms in total. The van der Waals surface area contributed by atoms with Gasteiger partial charge in [0, 0.05) is 13.1 Å². The van der Waals surface area contributed by atoms with Gasteiger partial charge < -0.3 is 10.4 Å². The summed E-state index contributed by atoms with van der Waals surface area (Å²) in [6.07, 6.45) is 1.32. The molecule has 1 aliphatic carbocycles. The molecule has 1 aliphatic rings. The van der Waals surface area contributed by atoms with E-state index >= 15 is 0 Å². The van der Waals surface area contributed by atoms with Crippen molar-refractivity contribution in [3.8, 4) is 0 Å². The van der Waals surface area contributed by atoms with Gasteiger partial charge in [-0.3, -0.25) is 10.1 Å². The van der Waals surface area contributed by atoms with E-state index in [1.54, 1.807) is 11.6 Å². The lowest BCUT2D eigenvalue weighted by molar-refractivity contribution is -0.384. The van der Waals surface area contributed by atoms with Crippen molar-refractivity contribution in [1.82, 2.24) is 9.78 Å². The van der Waals surface area contributed by atoms with Crippen LogP contribution in [0.1, 0.15) is 25.5 Å². The van der Waals surface area contributed by atoms with Gasteiger partial charge in [-0.15, -0.1) is 0 Å². The van der Waals surface area contributed by atoms with Gasteiger partial charge in [0.25, 0.3) is 0 Å². The van der Waals surface area contributed by atoms with Crippen LogP contribution in [0.2, 0.25) is 0 Å². The van der Waals surface area contributed by atoms with Crippen LogP contribution < -0.4 is 5.32 Å². The number of aliphatic hydroxyl groups is 1. The van der Waals surface area contributed by atoms with E-state index < -0.39 is 4.92 Å². The second kappa shape index (κ2) is 4.93. The molecule has 2 N–H and O–H groups in total. The van der Waals surface area contributed by atoms with Crippen molar-refractivity contribution in [1.29, 1.82) is 0 Å². The molecule has 0 aromatic carbocycles. The number of aromatic nitrogens is 2. The molecular weight excluding hydrogens is 236 g/mol. The number of aliphatic hydroxyl groups excluding tert-OH is 1. The minimum Gasteiger partial charge on any atom is -0.393 e. The molecule has 0 bridgehead atoms. The lowest BCUT2D eigenvalue weighted by Gasteiger charge is -2.31. The number of aryl methyl sites for hydroxylation is 2. The van der Waals surface area contributed by atoms with Crippen LogP contribution in [0.3, 0.4) is 0 Å². The van der Waals surface area contributed by atoms with Crippen molar-refractivity contribution >= 4 is 11.5 Å². The quantitative estimate of drug-likeness (QED) is 0.610. The molecule has 1 aromatic heterocycles. The van der Waals surface area contributed by atoms with Gasteiger partial charge in [0.15, 0.2) is 0 Å². The summed E-state index contributed by atoms with van der Waals surface area (Å²) >= 11 is 0. The van der Waals surface area contributed by atoms with Gasteiger partial charge in [-0.25, -0.2) is 4.68 Å². The van der Waals surface area contributed by atoms with Crippen LogP contribution in [0.4, 0.5) is 11.5 Å². The van der Waals surface area contributed by atoms with E-state index in [1.807, 2.05) is 6.92 Å². The van der Waals surface area contributed by atoms with Crippen LogP contribution >= 0.6 is 0 Å². The highest BCUT2D eigenvalue weighted by Crippen LogP contribution is 2.31. The van der Waals surface area contributed by atoms with Gasteiger partial charge in [0.2, 0.25) is 5.82 Å². The summed E-state index contributed by atoms with van der Waals surface area (Å²) in [5.74, 6) is 0.863. The topological polar surface area (TPSA) is 93.2 Å². The Labute approximate surface area is 105 Å². The Morgan fingerprint density at radius 1 is 1.61 bits per heavy atom. The summed E-state index contributed by atoms with van der Waals surface area (Å²) < 4.78 is 1.61. The molecule has 1 aromatic rings. The summed E-state index contributed by atoms with van der Waals surface area (Å²) in [5.41, 5.74) is 0.481. The van der Waals surface area contributed by atoms with Crippen molar-refractivity contribution in [2.45, 2.75) is 39.3 Å². The Morgan fingerprint density at radius 2 is 2.28 bits per heavy atom. The van der Waals surface area contributed by atoms with Gasteiger partial charge in [-0.05, 0) is 32.6 Å². The molecule has 1 saturated carbocycles. The molecule has 2 rings (SSSR count). The average molecular weight is 254 g/mol. The van der Waals surface area contributed by atoms with E-state index in [0.29, 0.717) is 30.5 Å². The number of rotatable bonds is 5. The predicted molar refractivity (Wildman–Crippen MR) is 66.5 cm³/mol. The second-order valence-electron chi connectivity index (χ2n) is 4.73. The van der Waals surface area contributed by atoms with E-state index in [1.165, 1.54) is 0 Å². The van der Waals surface area contributed by atoms with Crippen molar-refractivity contribution < 1.29 is 10.0 Å². The highest BCUT2D eigenvalue weighted by atomic mass is 16.6. The monoisotopic (exact) mass is 254 g/mol. The van der Waals surface area contributed by atoms with Gasteiger partial charge in [-0.2, -0.15) is 5.10 Å². The van der Waals surface area contributed by atoms with Gasteiger partial charge in [0.05, 0.1) is 11.0 Å². The Balaban J connectivity index is 2.11. The third-order valence-corrected chi connectivity index (χ3v) is 3.35. The molecule has 0 saturated heterocycles. The Kier molecular flexibility index (Phi) is 3.51. The van der Waals surface area contributed by atoms with Crippen LogP contribution in [-0.2, 0) is 6.54 Å². The maximum Gasteiger partial charge on any atom is 0.333 e. The Bertz CT molecular complexity index is 451. The standard InChI is InChI=1S/C11H18N4O3/c1-3-14-11(10(15(17)18)7(2)13-14)12-6-8-4-9(16)5-8/h8-9,12,16H,3-6H2,1-2H3. The largest absolute Gasteiger partial charge is 0.393 e. The van der Waals surface area contributed by atoms with Crippen LogP contribution in [0.15, 0.2) is 0 Å². The number of hydrogen-bond donors (Lipinski definition) is 2. The molecule has 7 heteroatoms. The van der Waals surface area contributed by atoms with Crippen LogP contribution in [0.5, 0.6) is 0 Å². The molecule has 0 atom stereocenters. The predicted octanol–water partition coefficient (Wildman–Crippen LogP) is 1.30. The lowest BCUT2D eigenvalue weighted by Crippen LogP contribution is -2.33. The molecular formula is C11H18N4O3. The van der Waals surface area contributed by atoms with E-state index in [9.17, 15) is 15.2 Å². The molecule has 0 aliphatic heterocycles. The molecule has 18 heavy (non-hydrogen) atoms. The molecule has 100 valence electrons. The molecule has 0 amide bonds. The fourth-order valence-electron chi connectivity index (χ4n) is 2.30. The van der Waals surface area contributed by atoms with Crippen LogP contribution in [0.25, 0.3) is 0 Å². The zero-order valence-electron chi connectivity index (χ0n) is 10.6. The first-order valence-electron chi connectivity index (χ1n) is 6.16. The number of hydrogen-bond acceptors (Lipinski definition) is 5. The van der Waals surface area contributed by atoms with Crippen molar-refractivity contribution in [2.75, 3.05) is 11.9 Å². The number of anilines is 1. The summed E-state index contributed by atoms with van der Waals surface area (Å²) in [7, 11) is 0. The number of nitrogens with zero attached hydrogens (tertiary/aromatic N) is 3. The zero-order valence-corrected chi connectivity index (χ0v) is 10.6. The Hall–Kier alpha value is -1.63. The smallest absolute Gasteiger partial charge is 0.333 e. The third kappa shape index (κ3) is 2.31.